The van der Waals surface area contributed by atoms with Gasteiger partial charge in [-0.2, -0.15) is 0 Å². The van der Waals surface area contributed by atoms with Gasteiger partial charge in [0.25, 0.3) is 11.6 Å². The van der Waals surface area contributed by atoms with E-state index in [1.54, 1.807) is 0 Å². The highest BCUT2D eigenvalue weighted by atomic mass is 79.9. The molecule has 0 spiro atoms. The summed E-state index contributed by atoms with van der Waals surface area (Å²) in [5, 5.41) is 14.3. The molecule has 1 rings (SSSR count). The third-order valence-corrected chi connectivity index (χ3v) is 3.56. The number of nitro benzene ring substituents is 1. The maximum absolute atomic E-state index is 12.0. The number of nitrogens with zero attached hydrogens (tertiary/aromatic N) is 1. The summed E-state index contributed by atoms with van der Waals surface area (Å²) in [6, 6.07) is 3.79. The Labute approximate surface area is 124 Å². The molecule has 7 heteroatoms. The van der Waals surface area contributed by atoms with Gasteiger partial charge in [-0.25, -0.2) is 0 Å². The molecule has 0 aromatic heterocycles. The van der Waals surface area contributed by atoms with Crippen LogP contribution in [-0.4, -0.2) is 22.2 Å². The lowest BCUT2D eigenvalue weighted by Crippen LogP contribution is -2.39. The molecule has 1 aromatic rings. The lowest BCUT2D eigenvalue weighted by Gasteiger charge is -2.19. The maximum Gasteiger partial charge on any atom is 0.271 e. The lowest BCUT2D eigenvalue weighted by molar-refractivity contribution is -0.384. The molecule has 1 unspecified atom stereocenters. The molecule has 1 aromatic carbocycles. The summed E-state index contributed by atoms with van der Waals surface area (Å²) in [6.45, 7) is 3.96. The number of hydrogen-bond acceptors (Lipinski definition) is 3. The van der Waals surface area contributed by atoms with Crippen molar-refractivity contribution in [3.63, 3.8) is 0 Å². The van der Waals surface area contributed by atoms with E-state index in [4.69, 9.17) is 11.6 Å². The fourth-order valence-electron chi connectivity index (χ4n) is 1.45. The standard InChI is InChI=1S/C12H14BrClN2O3/c1-7(2)11(6-13)15-12(17)8-3-9(14)5-10(4-8)16(18)19/h3-5,7,11H,6H2,1-2H3,(H,15,17). The minimum atomic E-state index is -0.576. The van der Waals surface area contributed by atoms with Gasteiger partial charge >= 0.3 is 0 Å². The molecular weight excluding hydrogens is 336 g/mol. The number of amides is 1. The number of benzene rings is 1. The van der Waals surface area contributed by atoms with E-state index in [1.807, 2.05) is 13.8 Å². The monoisotopic (exact) mass is 348 g/mol. The van der Waals surface area contributed by atoms with Gasteiger partial charge < -0.3 is 5.32 Å². The van der Waals surface area contributed by atoms with E-state index in [-0.39, 0.29) is 34.1 Å². The number of nitrogens with one attached hydrogen (secondary N) is 1. The summed E-state index contributed by atoms with van der Waals surface area (Å²) in [5.41, 5.74) is -0.0108. The largest absolute Gasteiger partial charge is 0.348 e. The van der Waals surface area contributed by atoms with Gasteiger partial charge in [-0.3, -0.25) is 14.9 Å². The average molecular weight is 350 g/mol. The van der Waals surface area contributed by atoms with Crippen LogP contribution in [0.3, 0.4) is 0 Å². The molecule has 1 amide bonds. The van der Waals surface area contributed by atoms with Gasteiger partial charge in [0.2, 0.25) is 0 Å². The van der Waals surface area contributed by atoms with Crippen molar-refractivity contribution in [2.24, 2.45) is 5.92 Å². The van der Waals surface area contributed by atoms with E-state index >= 15 is 0 Å². The molecule has 0 aliphatic carbocycles. The summed E-state index contributed by atoms with van der Waals surface area (Å²) in [5.74, 6) is -0.124. The zero-order valence-corrected chi connectivity index (χ0v) is 12.9. The third-order valence-electron chi connectivity index (χ3n) is 2.64. The molecule has 0 radical (unpaired) electrons. The van der Waals surface area contributed by atoms with Crippen LogP contribution in [0.5, 0.6) is 0 Å². The summed E-state index contributed by atoms with van der Waals surface area (Å²) in [7, 11) is 0. The summed E-state index contributed by atoms with van der Waals surface area (Å²) < 4.78 is 0. The van der Waals surface area contributed by atoms with E-state index in [0.717, 1.165) is 0 Å². The van der Waals surface area contributed by atoms with Crippen LogP contribution in [0.15, 0.2) is 18.2 Å². The minimum absolute atomic E-state index is 0.0504. The van der Waals surface area contributed by atoms with E-state index in [2.05, 4.69) is 21.2 Å². The van der Waals surface area contributed by atoms with Crippen molar-refractivity contribution < 1.29 is 9.72 Å². The predicted molar refractivity (Wildman–Crippen MR) is 78.0 cm³/mol. The Kier molecular flexibility index (Phi) is 5.75. The first kappa shape index (κ1) is 15.9. The molecule has 0 saturated heterocycles. The number of halogens is 2. The molecule has 0 aliphatic rings. The van der Waals surface area contributed by atoms with Crippen molar-refractivity contribution in [2.75, 3.05) is 5.33 Å². The third kappa shape index (κ3) is 4.47. The van der Waals surface area contributed by atoms with Crippen molar-refractivity contribution in [1.29, 1.82) is 0 Å². The molecule has 104 valence electrons. The highest BCUT2D eigenvalue weighted by molar-refractivity contribution is 9.09. The molecule has 0 saturated carbocycles. The van der Waals surface area contributed by atoms with Crippen molar-refractivity contribution in [2.45, 2.75) is 19.9 Å². The van der Waals surface area contributed by atoms with Crippen molar-refractivity contribution >= 4 is 39.1 Å². The molecule has 0 heterocycles. The van der Waals surface area contributed by atoms with Crippen LogP contribution in [0.2, 0.25) is 5.02 Å². The fourth-order valence-corrected chi connectivity index (χ4v) is 2.58. The Morgan fingerprint density at radius 2 is 2.11 bits per heavy atom. The molecule has 5 nitrogen and oxygen atoms in total. The van der Waals surface area contributed by atoms with Crippen LogP contribution in [0.25, 0.3) is 0 Å². The second-order valence-corrected chi connectivity index (χ2v) is 5.52. The van der Waals surface area contributed by atoms with Crippen LogP contribution >= 0.6 is 27.5 Å². The maximum atomic E-state index is 12.0. The number of hydrogen-bond donors (Lipinski definition) is 1. The summed E-state index contributed by atoms with van der Waals surface area (Å²) in [4.78, 5) is 22.2. The Bertz CT molecular complexity index is 494. The van der Waals surface area contributed by atoms with E-state index < -0.39 is 4.92 Å². The molecule has 0 aliphatic heterocycles. The summed E-state index contributed by atoms with van der Waals surface area (Å²) >= 11 is 9.10. The minimum Gasteiger partial charge on any atom is -0.348 e. The zero-order valence-electron chi connectivity index (χ0n) is 10.5. The number of carbonyl (C=O) groups excluding carboxylic acids is 1. The van der Waals surface area contributed by atoms with Gasteiger partial charge in [-0.1, -0.05) is 41.4 Å². The van der Waals surface area contributed by atoms with Crippen LogP contribution in [-0.2, 0) is 0 Å². The molecule has 0 fully saturated rings. The SMILES string of the molecule is CC(C)C(CBr)NC(=O)c1cc(Cl)cc([N+](=O)[O-])c1. The van der Waals surface area contributed by atoms with Gasteiger partial charge in [-0.15, -0.1) is 0 Å². The highest BCUT2D eigenvalue weighted by Crippen LogP contribution is 2.21. The quantitative estimate of drug-likeness (QED) is 0.503. The number of alkyl halides is 1. The van der Waals surface area contributed by atoms with Gasteiger partial charge in [0.15, 0.2) is 0 Å². The van der Waals surface area contributed by atoms with Crippen LogP contribution in [0.4, 0.5) is 5.69 Å². The smallest absolute Gasteiger partial charge is 0.271 e. The van der Waals surface area contributed by atoms with Crippen molar-refractivity contribution in [1.82, 2.24) is 5.32 Å². The first-order chi connectivity index (χ1) is 8.85. The zero-order chi connectivity index (χ0) is 14.6. The second kappa shape index (κ2) is 6.86. The number of rotatable bonds is 5. The van der Waals surface area contributed by atoms with E-state index in [9.17, 15) is 14.9 Å². The number of carbonyl (C=O) groups is 1. The number of non-ortho nitro benzene ring substituents is 1. The first-order valence-electron chi connectivity index (χ1n) is 5.67. The second-order valence-electron chi connectivity index (χ2n) is 4.43. The normalized spacial score (nSPS) is 12.3. The summed E-state index contributed by atoms with van der Waals surface area (Å²) in [6.07, 6.45) is 0. The molecule has 1 N–H and O–H groups in total. The molecular formula is C12H14BrClN2O3. The number of nitro groups is 1. The first-order valence-corrected chi connectivity index (χ1v) is 7.17. The van der Waals surface area contributed by atoms with Gasteiger partial charge in [-0.05, 0) is 12.0 Å². The van der Waals surface area contributed by atoms with Gasteiger partial charge in [0.05, 0.1) is 4.92 Å². The lowest BCUT2D eigenvalue weighted by atomic mass is 10.1. The Hall–Kier alpha value is -1.14. The van der Waals surface area contributed by atoms with Gasteiger partial charge in [0, 0.05) is 34.1 Å². The molecule has 0 bridgehead atoms. The van der Waals surface area contributed by atoms with Crippen LogP contribution in [0.1, 0.15) is 24.2 Å². The highest BCUT2D eigenvalue weighted by Gasteiger charge is 2.18. The Morgan fingerprint density at radius 3 is 2.58 bits per heavy atom. The van der Waals surface area contributed by atoms with E-state index in [0.29, 0.717) is 5.33 Å². The predicted octanol–water partition coefficient (Wildman–Crippen LogP) is 3.40. The van der Waals surface area contributed by atoms with E-state index in [1.165, 1.54) is 18.2 Å². The van der Waals surface area contributed by atoms with Crippen LogP contribution in [0, 0.1) is 16.0 Å². The van der Waals surface area contributed by atoms with Crippen LogP contribution < -0.4 is 5.32 Å². The average Bonchev–Trinajstić information content (AvgIpc) is 2.34. The van der Waals surface area contributed by atoms with Gasteiger partial charge in [0.1, 0.15) is 0 Å². The molecule has 1 atom stereocenters. The fraction of sp³-hybridized carbons (Fsp3) is 0.417. The Morgan fingerprint density at radius 1 is 1.47 bits per heavy atom. The molecule has 19 heavy (non-hydrogen) atoms. The van der Waals surface area contributed by atoms with Crippen molar-refractivity contribution in [3.8, 4) is 0 Å². The van der Waals surface area contributed by atoms with Crippen molar-refractivity contribution in [3.05, 3.63) is 38.9 Å². The topological polar surface area (TPSA) is 72.2 Å². The Balaban J connectivity index is 2.96.